The largest absolute Gasteiger partial charge is 0.497 e. The number of carboxylic acids is 1. The fourth-order valence-electron chi connectivity index (χ4n) is 4.26. The molecule has 5 atom stereocenters. The number of aromatic nitrogens is 1. The Balaban J connectivity index is 1.67. The molecule has 0 amide bonds. The number of rotatable bonds is 6. The van der Waals surface area contributed by atoms with Crippen LogP contribution in [-0.2, 0) is 25.5 Å². The Labute approximate surface area is 215 Å². The van der Waals surface area contributed by atoms with Crippen LogP contribution in [0.5, 0.6) is 5.75 Å². The summed E-state index contributed by atoms with van der Waals surface area (Å²) in [4.78, 5) is 37.6. The number of methoxy groups -OCH3 is 1. The number of hydrogen-bond donors (Lipinski definition) is 4. The van der Waals surface area contributed by atoms with Crippen LogP contribution in [0, 0.1) is 6.92 Å². The summed E-state index contributed by atoms with van der Waals surface area (Å²) in [7, 11) is 1.47. The number of halogens is 1. The Morgan fingerprint density at radius 1 is 1.03 bits per heavy atom. The van der Waals surface area contributed by atoms with Crippen LogP contribution in [0.15, 0.2) is 42.5 Å². The second-order valence-corrected chi connectivity index (χ2v) is 8.93. The highest BCUT2D eigenvalue weighted by atomic mass is 35.5. The van der Waals surface area contributed by atoms with Gasteiger partial charge in [0.05, 0.1) is 19.0 Å². The lowest BCUT2D eigenvalue weighted by molar-refractivity contribution is -0.286. The second-order valence-electron chi connectivity index (χ2n) is 8.50. The molecule has 0 saturated carbocycles. The minimum atomic E-state index is -1.92. The number of nitrogens with zero attached hydrogens (tertiary/aromatic N) is 1. The minimum absolute atomic E-state index is 0.361. The van der Waals surface area contributed by atoms with Crippen LogP contribution in [0.4, 0.5) is 0 Å². The third kappa shape index (κ3) is 5.04. The van der Waals surface area contributed by atoms with Crippen LogP contribution in [0.2, 0.25) is 5.02 Å². The van der Waals surface area contributed by atoms with Gasteiger partial charge in [-0.25, -0.2) is 4.79 Å². The number of esters is 1. The van der Waals surface area contributed by atoms with Crippen molar-refractivity contribution in [2.75, 3.05) is 7.11 Å². The summed E-state index contributed by atoms with van der Waals surface area (Å²) < 4.78 is 16.9. The van der Waals surface area contributed by atoms with E-state index in [2.05, 4.69) is 0 Å². The van der Waals surface area contributed by atoms with Crippen molar-refractivity contribution in [3.8, 4) is 5.75 Å². The maximum Gasteiger partial charge on any atom is 0.335 e. The van der Waals surface area contributed by atoms with Crippen molar-refractivity contribution < 1.29 is 49.0 Å². The molecule has 1 fully saturated rings. The number of carbonyl (C=O) groups is 3. The Morgan fingerprint density at radius 3 is 2.32 bits per heavy atom. The van der Waals surface area contributed by atoms with Crippen molar-refractivity contribution in [3.05, 3.63) is 64.3 Å². The number of ether oxygens (including phenoxy) is 3. The maximum atomic E-state index is 13.4. The van der Waals surface area contributed by atoms with E-state index in [4.69, 9.17) is 25.8 Å². The van der Waals surface area contributed by atoms with Crippen molar-refractivity contribution in [2.45, 2.75) is 44.1 Å². The van der Waals surface area contributed by atoms with Gasteiger partial charge < -0.3 is 34.6 Å². The lowest BCUT2D eigenvalue weighted by Crippen LogP contribution is -2.60. The summed E-state index contributed by atoms with van der Waals surface area (Å²) in [5.41, 5.74) is 1.71. The first-order valence-electron chi connectivity index (χ1n) is 11.1. The first-order valence-corrected chi connectivity index (χ1v) is 11.5. The topological polar surface area (TPSA) is 165 Å². The molecule has 1 saturated heterocycles. The molecule has 4 N–H and O–H groups in total. The third-order valence-corrected chi connectivity index (χ3v) is 6.47. The first kappa shape index (κ1) is 26.6. The molecule has 1 aromatic heterocycles. The van der Waals surface area contributed by atoms with Crippen molar-refractivity contribution >= 4 is 40.3 Å². The van der Waals surface area contributed by atoms with E-state index in [-0.39, 0.29) is 12.3 Å². The molecule has 4 rings (SSSR count). The zero-order valence-electron chi connectivity index (χ0n) is 19.7. The van der Waals surface area contributed by atoms with E-state index in [9.17, 15) is 34.8 Å². The molecule has 2 aromatic carbocycles. The van der Waals surface area contributed by atoms with Crippen molar-refractivity contribution in [1.29, 1.82) is 0 Å². The number of fused-ring (bicyclic) bond motifs is 1. The van der Waals surface area contributed by atoms with Gasteiger partial charge in [-0.1, -0.05) is 11.6 Å². The zero-order valence-corrected chi connectivity index (χ0v) is 20.5. The number of aliphatic carboxylic acids is 1. The van der Waals surface area contributed by atoms with E-state index in [1.807, 2.05) is 0 Å². The van der Waals surface area contributed by atoms with Crippen LogP contribution >= 0.6 is 11.6 Å². The summed E-state index contributed by atoms with van der Waals surface area (Å²) in [6, 6.07) is 11.3. The Bertz CT molecular complexity index is 1350. The molecule has 0 aliphatic carbocycles. The molecule has 0 spiro atoms. The molecule has 3 aromatic rings. The van der Waals surface area contributed by atoms with Gasteiger partial charge >= 0.3 is 11.9 Å². The van der Waals surface area contributed by atoms with Gasteiger partial charge in [-0.05, 0) is 55.0 Å². The SMILES string of the molecule is COc1ccc2c(c1)c(CC(=O)O[C@H]1O[C@@H](C(=O)O)[C@H](O)[C@@H](O)[C@@H]1O)c(C)n2C(=O)c1ccc(Cl)cc1. The predicted molar refractivity (Wildman–Crippen MR) is 129 cm³/mol. The summed E-state index contributed by atoms with van der Waals surface area (Å²) in [5, 5.41) is 40.1. The van der Waals surface area contributed by atoms with Crippen molar-refractivity contribution in [1.82, 2.24) is 4.57 Å². The summed E-state index contributed by atoms with van der Waals surface area (Å²) in [6.45, 7) is 1.65. The van der Waals surface area contributed by atoms with Gasteiger partial charge in [-0.3, -0.25) is 14.2 Å². The normalized spacial score (nSPS) is 23.6. The molecular formula is C25H24ClNO10. The van der Waals surface area contributed by atoms with E-state index in [1.54, 1.807) is 49.4 Å². The summed E-state index contributed by atoms with van der Waals surface area (Å²) >= 11 is 5.94. The van der Waals surface area contributed by atoms with Gasteiger partial charge in [-0.15, -0.1) is 0 Å². The van der Waals surface area contributed by atoms with Crippen LogP contribution in [0.3, 0.4) is 0 Å². The smallest absolute Gasteiger partial charge is 0.335 e. The van der Waals surface area contributed by atoms with Gasteiger partial charge in [0.2, 0.25) is 6.29 Å². The van der Waals surface area contributed by atoms with Crippen LogP contribution < -0.4 is 4.74 Å². The standard InChI is InChI=1S/C25H24ClNO10/c1-11-15(10-18(28)36-25-21(31)19(29)20(30)22(37-25)24(33)34)16-9-14(35-2)7-8-17(16)27(11)23(32)12-3-5-13(26)6-4-12/h3-9,19-22,25,29-31H,10H2,1-2H3,(H,33,34)/t19-,20-,21+,22-,25+/m1/s1. The minimum Gasteiger partial charge on any atom is -0.497 e. The molecule has 37 heavy (non-hydrogen) atoms. The maximum absolute atomic E-state index is 13.4. The molecule has 1 aliphatic rings. The molecular weight excluding hydrogens is 510 g/mol. The molecule has 0 radical (unpaired) electrons. The van der Waals surface area contributed by atoms with Crippen LogP contribution in [0.1, 0.15) is 21.6 Å². The fourth-order valence-corrected chi connectivity index (χ4v) is 4.39. The zero-order chi connectivity index (χ0) is 27.0. The van der Waals surface area contributed by atoms with Gasteiger partial charge in [-0.2, -0.15) is 0 Å². The van der Waals surface area contributed by atoms with Gasteiger partial charge in [0.15, 0.2) is 6.10 Å². The van der Waals surface area contributed by atoms with E-state index < -0.39 is 42.6 Å². The molecule has 196 valence electrons. The van der Waals surface area contributed by atoms with Crippen LogP contribution in [0.25, 0.3) is 10.9 Å². The lowest BCUT2D eigenvalue weighted by atomic mass is 9.99. The van der Waals surface area contributed by atoms with E-state index in [0.29, 0.717) is 38.5 Å². The molecule has 1 aliphatic heterocycles. The quantitative estimate of drug-likeness (QED) is 0.339. The van der Waals surface area contributed by atoms with Gasteiger partial charge in [0, 0.05) is 21.7 Å². The average Bonchev–Trinajstić information content (AvgIpc) is 3.14. The number of hydrogen-bond acceptors (Lipinski definition) is 9. The third-order valence-electron chi connectivity index (χ3n) is 6.22. The Morgan fingerprint density at radius 2 is 1.70 bits per heavy atom. The number of carboxylic acid groups (broad SMARTS) is 1. The van der Waals surface area contributed by atoms with E-state index in [0.717, 1.165) is 0 Å². The highest BCUT2D eigenvalue weighted by molar-refractivity contribution is 6.30. The number of carbonyl (C=O) groups excluding carboxylic acids is 2. The summed E-state index contributed by atoms with van der Waals surface area (Å²) in [5.74, 6) is -2.42. The Kier molecular flexibility index (Phi) is 7.53. The molecule has 11 nitrogen and oxygen atoms in total. The average molecular weight is 534 g/mol. The molecule has 12 heteroatoms. The number of aliphatic hydroxyl groups is 3. The van der Waals surface area contributed by atoms with E-state index in [1.165, 1.54) is 11.7 Å². The molecule has 2 heterocycles. The number of aliphatic hydroxyl groups excluding tert-OH is 3. The lowest BCUT2D eigenvalue weighted by Gasteiger charge is -2.37. The highest BCUT2D eigenvalue weighted by Crippen LogP contribution is 2.31. The number of benzene rings is 2. The monoisotopic (exact) mass is 533 g/mol. The Hall–Kier alpha value is -3.48. The van der Waals surface area contributed by atoms with Gasteiger partial charge in [0.25, 0.3) is 5.91 Å². The molecule has 0 bridgehead atoms. The predicted octanol–water partition coefficient (Wildman–Crippen LogP) is 1.28. The van der Waals surface area contributed by atoms with Crippen molar-refractivity contribution in [2.24, 2.45) is 0 Å². The van der Waals surface area contributed by atoms with Crippen molar-refractivity contribution in [3.63, 3.8) is 0 Å². The first-order chi connectivity index (χ1) is 17.5. The second kappa shape index (κ2) is 10.5. The molecule has 0 unspecified atom stereocenters. The fraction of sp³-hybridized carbons (Fsp3) is 0.320. The van der Waals surface area contributed by atoms with Gasteiger partial charge in [0.1, 0.15) is 24.1 Å². The van der Waals surface area contributed by atoms with E-state index >= 15 is 0 Å². The highest BCUT2D eigenvalue weighted by Gasteiger charge is 2.48. The summed E-state index contributed by atoms with van der Waals surface area (Å²) in [6.07, 6.45) is -9.87. The van der Waals surface area contributed by atoms with Crippen LogP contribution in [-0.4, -0.2) is 80.7 Å².